The lowest BCUT2D eigenvalue weighted by Gasteiger charge is -2.58. The lowest BCUT2D eigenvalue weighted by Crippen LogP contribution is -2.73. The predicted molar refractivity (Wildman–Crippen MR) is 116 cm³/mol. The van der Waals surface area contributed by atoms with Crippen molar-refractivity contribution < 1.29 is 19.1 Å². The number of pyridine rings is 1. The molecule has 3 atom stereocenters. The fourth-order valence-electron chi connectivity index (χ4n) is 4.87. The maximum absolute atomic E-state index is 13.2. The van der Waals surface area contributed by atoms with E-state index in [4.69, 9.17) is 0 Å². The van der Waals surface area contributed by atoms with Crippen molar-refractivity contribution in [3.63, 3.8) is 0 Å². The van der Waals surface area contributed by atoms with Crippen LogP contribution in [-0.4, -0.2) is 63.5 Å². The Morgan fingerprint density at radius 1 is 1.06 bits per heavy atom. The van der Waals surface area contributed by atoms with Crippen LogP contribution in [-0.2, 0) is 4.79 Å². The highest BCUT2D eigenvalue weighted by molar-refractivity contribution is 5.97. The Morgan fingerprint density at radius 3 is 2.38 bits per heavy atom. The second-order valence-corrected chi connectivity index (χ2v) is 8.20. The Bertz CT molecular complexity index is 1140. The van der Waals surface area contributed by atoms with Gasteiger partial charge in [0.25, 0.3) is 5.91 Å². The summed E-state index contributed by atoms with van der Waals surface area (Å²) in [6.07, 6.45) is 3.10. The zero-order valence-electron chi connectivity index (χ0n) is 17.3. The van der Waals surface area contributed by atoms with E-state index in [2.05, 4.69) is 4.98 Å². The van der Waals surface area contributed by atoms with Gasteiger partial charge in [-0.1, -0.05) is 36.4 Å². The number of fused-ring (bicyclic) bond motifs is 1. The van der Waals surface area contributed by atoms with E-state index >= 15 is 0 Å². The highest BCUT2D eigenvalue weighted by atomic mass is 19.1. The quantitative estimate of drug-likeness (QED) is 0.690. The van der Waals surface area contributed by atoms with Crippen LogP contribution < -0.4 is 0 Å². The topological polar surface area (TPSA) is 73.7 Å². The van der Waals surface area contributed by atoms with Gasteiger partial charge < -0.3 is 14.9 Å². The van der Waals surface area contributed by atoms with Crippen molar-refractivity contribution in [2.75, 3.05) is 19.7 Å². The molecule has 2 aliphatic rings. The summed E-state index contributed by atoms with van der Waals surface area (Å²) < 4.78 is 13.2. The fraction of sp³-hybridized carbons (Fsp3) is 0.240. The summed E-state index contributed by atoms with van der Waals surface area (Å²) in [5.74, 6) is -0.727. The number of rotatable bonds is 4. The number of aromatic nitrogens is 1. The molecule has 32 heavy (non-hydrogen) atoms. The molecule has 1 N–H and O–H groups in total. The third kappa shape index (κ3) is 3.44. The Hall–Kier alpha value is -3.58. The number of benzene rings is 2. The van der Waals surface area contributed by atoms with Gasteiger partial charge in [0.05, 0.1) is 24.3 Å². The molecular formula is C25H22FN3O3. The standard InChI is InChI=1S/C25H22FN3O3/c26-20-9-7-17(8-10-20)16-3-5-18(6-4-16)24-21-13-28(14-23(31)29(21)22(24)15-30)25(32)19-2-1-11-27-12-19/h1-12,21-22,24,30H,13-15H2/t21-,22+,24+/m0/s1. The van der Waals surface area contributed by atoms with E-state index in [1.165, 1.54) is 18.3 Å². The molecule has 0 unspecified atom stereocenters. The minimum absolute atomic E-state index is 0.00302. The van der Waals surface area contributed by atoms with Crippen molar-refractivity contribution in [1.29, 1.82) is 0 Å². The predicted octanol–water partition coefficient (Wildman–Crippen LogP) is 2.70. The molecule has 0 radical (unpaired) electrons. The number of aliphatic hydroxyl groups is 1. The molecule has 0 bridgehead atoms. The molecule has 3 heterocycles. The fourth-order valence-corrected chi connectivity index (χ4v) is 4.87. The van der Waals surface area contributed by atoms with Crippen LogP contribution in [0.3, 0.4) is 0 Å². The van der Waals surface area contributed by atoms with Crippen molar-refractivity contribution in [1.82, 2.24) is 14.8 Å². The molecular weight excluding hydrogens is 409 g/mol. The number of hydrogen-bond acceptors (Lipinski definition) is 4. The molecule has 2 amide bonds. The Labute approximate surface area is 184 Å². The molecule has 1 aromatic heterocycles. The molecule has 0 spiro atoms. The van der Waals surface area contributed by atoms with Crippen LogP contribution in [0.1, 0.15) is 21.8 Å². The minimum atomic E-state index is -0.306. The first-order chi connectivity index (χ1) is 15.6. The van der Waals surface area contributed by atoms with Crippen LogP contribution in [0.4, 0.5) is 4.39 Å². The van der Waals surface area contributed by atoms with E-state index < -0.39 is 0 Å². The summed E-state index contributed by atoms with van der Waals surface area (Å²) in [5, 5.41) is 9.97. The summed E-state index contributed by atoms with van der Waals surface area (Å²) in [4.78, 5) is 32.9. The third-order valence-corrected chi connectivity index (χ3v) is 6.42. The van der Waals surface area contributed by atoms with Gasteiger partial charge in [0.2, 0.25) is 5.91 Å². The van der Waals surface area contributed by atoms with Gasteiger partial charge >= 0.3 is 0 Å². The lowest BCUT2D eigenvalue weighted by atomic mass is 9.73. The van der Waals surface area contributed by atoms with Crippen molar-refractivity contribution in [3.8, 4) is 11.1 Å². The number of nitrogens with zero attached hydrogens (tertiary/aromatic N) is 3. The number of piperazine rings is 1. The number of halogens is 1. The second kappa shape index (κ2) is 8.16. The van der Waals surface area contributed by atoms with Gasteiger partial charge in [-0.05, 0) is 41.0 Å². The first-order valence-electron chi connectivity index (χ1n) is 10.5. The van der Waals surface area contributed by atoms with Gasteiger partial charge in [-0.25, -0.2) is 4.39 Å². The van der Waals surface area contributed by atoms with E-state index in [1.54, 1.807) is 40.3 Å². The van der Waals surface area contributed by atoms with Crippen molar-refractivity contribution in [2.24, 2.45) is 0 Å². The second-order valence-electron chi connectivity index (χ2n) is 8.20. The molecule has 5 rings (SSSR count). The normalized spacial score (nSPS) is 22.3. The lowest BCUT2D eigenvalue weighted by molar-refractivity contribution is -0.159. The van der Waals surface area contributed by atoms with Crippen LogP contribution in [0.2, 0.25) is 0 Å². The number of carbonyl (C=O) groups excluding carboxylic acids is 2. The molecule has 162 valence electrons. The van der Waals surface area contributed by atoms with Gasteiger partial charge in [0.15, 0.2) is 0 Å². The van der Waals surface area contributed by atoms with E-state index in [1.807, 2.05) is 24.3 Å². The first kappa shape index (κ1) is 20.3. The molecule has 7 heteroatoms. The maximum atomic E-state index is 13.2. The van der Waals surface area contributed by atoms with Gasteiger partial charge in [-0.3, -0.25) is 14.6 Å². The first-order valence-corrected chi connectivity index (χ1v) is 10.5. The minimum Gasteiger partial charge on any atom is -0.394 e. The Morgan fingerprint density at radius 2 is 1.75 bits per heavy atom. The summed E-state index contributed by atoms with van der Waals surface area (Å²) in [6.45, 7) is 0.264. The van der Waals surface area contributed by atoms with Crippen LogP contribution in [0.15, 0.2) is 73.1 Å². The van der Waals surface area contributed by atoms with Crippen LogP contribution in [0.25, 0.3) is 11.1 Å². The van der Waals surface area contributed by atoms with E-state index in [9.17, 15) is 19.1 Å². The van der Waals surface area contributed by atoms with E-state index in [0.29, 0.717) is 12.1 Å². The largest absolute Gasteiger partial charge is 0.394 e. The van der Waals surface area contributed by atoms with Crippen LogP contribution >= 0.6 is 0 Å². The Kier molecular flexibility index (Phi) is 5.19. The summed E-state index contributed by atoms with van der Waals surface area (Å²) >= 11 is 0. The number of hydrogen-bond donors (Lipinski definition) is 1. The zero-order chi connectivity index (χ0) is 22.2. The summed E-state index contributed by atoms with van der Waals surface area (Å²) in [5.41, 5.74) is 3.32. The highest BCUT2D eigenvalue weighted by Gasteiger charge is 2.54. The van der Waals surface area contributed by atoms with Gasteiger partial charge in [0, 0.05) is 24.9 Å². The third-order valence-electron chi connectivity index (χ3n) is 6.42. The molecule has 2 aliphatic heterocycles. The molecule has 0 saturated carbocycles. The SMILES string of the molecule is O=C(c1cccnc1)N1CC(=O)N2[C@H](CO)[C@H](c3ccc(-c4ccc(F)cc4)cc3)[C@@H]2C1. The van der Waals surface area contributed by atoms with Crippen molar-refractivity contribution in [2.45, 2.75) is 18.0 Å². The summed E-state index contributed by atoms with van der Waals surface area (Å²) in [6, 6.07) is 17.1. The van der Waals surface area contributed by atoms with Gasteiger partial charge in [0.1, 0.15) is 12.4 Å². The average molecular weight is 431 g/mol. The summed E-state index contributed by atoms with van der Waals surface area (Å²) in [7, 11) is 0. The maximum Gasteiger partial charge on any atom is 0.255 e. The molecule has 0 aliphatic carbocycles. The average Bonchev–Trinajstić information content (AvgIpc) is 2.81. The highest BCUT2D eigenvalue weighted by Crippen LogP contribution is 2.43. The zero-order valence-corrected chi connectivity index (χ0v) is 17.3. The van der Waals surface area contributed by atoms with Crippen LogP contribution in [0, 0.1) is 5.82 Å². The molecule has 2 aromatic carbocycles. The van der Waals surface area contributed by atoms with Gasteiger partial charge in [-0.15, -0.1) is 0 Å². The van der Waals surface area contributed by atoms with Crippen LogP contribution in [0.5, 0.6) is 0 Å². The molecule has 6 nitrogen and oxygen atoms in total. The van der Waals surface area contributed by atoms with Gasteiger partial charge in [-0.2, -0.15) is 0 Å². The Balaban J connectivity index is 1.38. The monoisotopic (exact) mass is 431 g/mol. The molecule has 2 fully saturated rings. The number of carbonyl (C=O) groups is 2. The van der Waals surface area contributed by atoms with E-state index in [0.717, 1.165) is 16.7 Å². The number of aliphatic hydroxyl groups excluding tert-OH is 1. The smallest absolute Gasteiger partial charge is 0.255 e. The van der Waals surface area contributed by atoms with Crippen molar-refractivity contribution >= 4 is 11.8 Å². The van der Waals surface area contributed by atoms with Crippen molar-refractivity contribution in [3.05, 3.63) is 90.0 Å². The molecule has 2 saturated heterocycles. The van der Waals surface area contributed by atoms with E-state index in [-0.39, 0.29) is 48.8 Å². The number of amides is 2. The molecule has 3 aromatic rings.